The number of rotatable bonds is 5. The normalized spacial score (nSPS) is 18.2. The molecule has 1 fully saturated rings. The van der Waals surface area contributed by atoms with Crippen LogP contribution in [0.3, 0.4) is 0 Å². The maximum Gasteiger partial charge on any atom is 0.259 e. The van der Waals surface area contributed by atoms with E-state index in [1.807, 2.05) is 23.9 Å². The molecule has 0 atom stereocenters. The maximum atomic E-state index is 12.8. The number of nitrogens with zero attached hydrogens (tertiary/aromatic N) is 5. The minimum absolute atomic E-state index is 0.0796. The highest BCUT2D eigenvalue weighted by molar-refractivity contribution is 5.99. The molecule has 6 heteroatoms. The van der Waals surface area contributed by atoms with E-state index < -0.39 is 0 Å². The van der Waals surface area contributed by atoms with Crippen LogP contribution in [0.5, 0.6) is 0 Å². The topological polar surface area (TPSA) is 52.6 Å². The predicted octanol–water partition coefficient (Wildman–Crippen LogP) is 1.62. The van der Waals surface area contributed by atoms with Gasteiger partial charge < -0.3 is 14.7 Å². The number of fused-ring (bicyclic) bond motifs is 1. The zero-order chi connectivity index (χ0) is 15.7. The van der Waals surface area contributed by atoms with Gasteiger partial charge in [-0.05, 0) is 25.2 Å². The number of carbonyl (C=O) groups is 1. The fraction of sp³-hybridized carbons (Fsp3) is 0.688. The first-order valence-corrected chi connectivity index (χ1v) is 8.18. The highest BCUT2D eigenvalue weighted by Crippen LogP contribution is 2.31. The molecule has 0 unspecified atom stereocenters. The Morgan fingerprint density at radius 2 is 2.14 bits per heavy atom. The van der Waals surface area contributed by atoms with E-state index in [2.05, 4.69) is 21.8 Å². The summed E-state index contributed by atoms with van der Waals surface area (Å²) in [5, 5.41) is 0. The molecular weight excluding hydrogens is 278 g/mol. The SMILES string of the molecule is CCCN(C)c1ncc2c(n1)N(C)CCN(CC1CC1)C2=O. The van der Waals surface area contributed by atoms with Crippen LogP contribution in [0.4, 0.5) is 11.8 Å². The molecule has 0 spiro atoms. The number of hydrogen-bond donors (Lipinski definition) is 0. The Morgan fingerprint density at radius 1 is 1.36 bits per heavy atom. The molecule has 1 aromatic heterocycles. The van der Waals surface area contributed by atoms with Crippen molar-refractivity contribution < 1.29 is 4.79 Å². The molecule has 1 aliphatic carbocycles. The van der Waals surface area contributed by atoms with Crippen molar-refractivity contribution in [3.05, 3.63) is 11.8 Å². The van der Waals surface area contributed by atoms with Crippen LogP contribution in [-0.2, 0) is 0 Å². The molecule has 120 valence electrons. The maximum absolute atomic E-state index is 12.8. The van der Waals surface area contributed by atoms with Crippen LogP contribution in [0.15, 0.2) is 6.20 Å². The van der Waals surface area contributed by atoms with Gasteiger partial charge in [-0.2, -0.15) is 4.98 Å². The van der Waals surface area contributed by atoms with E-state index in [4.69, 9.17) is 0 Å². The summed E-state index contributed by atoms with van der Waals surface area (Å²) in [6, 6.07) is 0. The highest BCUT2D eigenvalue weighted by atomic mass is 16.2. The van der Waals surface area contributed by atoms with Gasteiger partial charge in [0.25, 0.3) is 5.91 Å². The van der Waals surface area contributed by atoms with Gasteiger partial charge in [0.1, 0.15) is 11.4 Å². The molecule has 0 N–H and O–H groups in total. The second-order valence-electron chi connectivity index (χ2n) is 6.44. The summed E-state index contributed by atoms with van der Waals surface area (Å²) in [6.07, 6.45) is 5.25. The summed E-state index contributed by atoms with van der Waals surface area (Å²) in [7, 11) is 3.99. The van der Waals surface area contributed by atoms with Crippen LogP contribution < -0.4 is 9.80 Å². The Hall–Kier alpha value is -1.85. The van der Waals surface area contributed by atoms with Crippen LogP contribution in [0.2, 0.25) is 0 Å². The average molecular weight is 303 g/mol. The fourth-order valence-electron chi connectivity index (χ4n) is 2.86. The van der Waals surface area contributed by atoms with Gasteiger partial charge in [0, 0.05) is 46.5 Å². The van der Waals surface area contributed by atoms with Gasteiger partial charge in [-0.15, -0.1) is 0 Å². The summed E-state index contributed by atoms with van der Waals surface area (Å²) in [5.41, 5.74) is 0.634. The number of anilines is 2. The zero-order valence-corrected chi connectivity index (χ0v) is 13.7. The molecule has 3 rings (SSSR count). The molecule has 2 aliphatic rings. The minimum Gasteiger partial charge on any atom is -0.357 e. The number of likely N-dealkylation sites (N-methyl/N-ethyl adjacent to an activating group) is 1. The molecule has 0 aromatic carbocycles. The Morgan fingerprint density at radius 3 is 2.82 bits per heavy atom. The van der Waals surface area contributed by atoms with Crippen LogP contribution in [0, 0.1) is 5.92 Å². The standard InChI is InChI=1S/C16H25N5O/c1-4-7-20(3)16-17-10-13-14(18-16)19(2)8-9-21(15(13)22)11-12-5-6-12/h10,12H,4-9,11H2,1-3H3. The van der Waals surface area contributed by atoms with Crippen LogP contribution in [0.25, 0.3) is 0 Å². The Bertz CT molecular complexity index is 557. The molecule has 0 saturated heterocycles. The molecule has 0 radical (unpaired) electrons. The number of carbonyl (C=O) groups excluding carboxylic acids is 1. The highest BCUT2D eigenvalue weighted by Gasteiger charge is 2.31. The molecule has 0 bridgehead atoms. The third-order valence-electron chi connectivity index (χ3n) is 4.42. The summed E-state index contributed by atoms with van der Waals surface area (Å²) in [6.45, 7) is 5.50. The van der Waals surface area contributed by atoms with E-state index in [1.165, 1.54) is 12.8 Å². The van der Waals surface area contributed by atoms with Gasteiger partial charge in [-0.1, -0.05) is 6.92 Å². The van der Waals surface area contributed by atoms with Gasteiger partial charge in [-0.25, -0.2) is 4.98 Å². The zero-order valence-electron chi connectivity index (χ0n) is 13.7. The van der Waals surface area contributed by atoms with Crippen molar-refractivity contribution in [2.24, 2.45) is 5.92 Å². The molecule has 1 amide bonds. The molecule has 1 aromatic rings. The lowest BCUT2D eigenvalue weighted by Gasteiger charge is -2.20. The Labute approximate surface area is 132 Å². The summed E-state index contributed by atoms with van der Waals surface area (Å²) in [4.78, 5) is 27.9. The van der Waals surface area contributed by atoms with Crippen molar-refractivity contribution >= 4 is 17.7 Å². The van der Waals surface area contributed by atoms with E-state index >= 15 is 0 Å². The second-order valence-corrected chi connectivity index (χ2v) is 6.44. The molecule has 1 saturated carbocycles. The number of aromatic nitrogens is 2. The van der Waals surface area contributed by atoms with Gasteiger partial charge in [0.2, 0.25) is 5.95 Å². The Balaban J connectivity index is 1.88. The van der Waals surface area contributed by atoms with Crippen molar-refractivity contribution in [2.75, 3.05) is 50.1 Å². The molecular formula is C16H25N5O. The van der Waals surface area contributed by atoms with Crippen molar-refractivity contribution in [3.8, 4) is 0 Å². The van der Waals surface area contributed by atoms with Crippen molar-refractivity contribution in [1.29, 1.82) is 0 Å². The van der Waals surface area contributed by atoms with Gasteiger partial charge in [0.15, 0.2) is 0 Å². The summed E-state index contributed by atoms with van der Waals surface area (Å²) >= 11 is 0. The number of amides is 1. The predicted molar refractivity (Wildman–Crippen MR) is 87.5 cm³/mol. The van der Waals surface area contributed by atoms with Crippen molar-refractivity contribution in [3.63, 3.8) is 0 Å². The Kier molecular flexibility index (Phi) is 4.18. The summed E-state index contributed by atoms with van der Waals surface area (Å²) in [5.74, 6) is 2.23. The van der Waals surface area contributed by atoms with E-state index in [1.54, 1.807) is 6.20 Å². The van der Waals surface area contributed by atoms with E-state index in [9.17, 15) is 4.79 Å². The third-order valence-corrected chi connectivity index (χ3v) is 4.42. The lowest BCUT2D eigenvalue weighted by Crippen LogP contribution is -2.35. The van der Waals surface area contributed by atoms with Gasteiger partial charge in [0.05, 0.1) is 0 Å². The van der Waals surface area contributed by atoms with Crippen LogP contribution in [0.1, 0.15) is 36.5 Å². The molecule has 2 heterocycles. The monoisotopic (exact) mass is 303 g/mol. The quantitative estimate of drug-likeness (QED) is 0.827. The molecule has 22 heavy (non-hydrogen) atoms. The third kappa shape index (κ3) is 3.00. The first kappa shape index (κ1) is 15.1. The van der Waals surface area contributed by atoms with Gasteiger partial charge >= 0.3 is 0 Å². The van der Waals surface area contributed by atoms with E-state index in [0.29, 0.717) is 17.4 Å². The second kappa shape index (κ2) is 6.10. The van der Waals surface area contributed by atoms with Gasteiger partial charge in [-0.3, -0.25) is 4.79 Å². The van der Waals surface area contributed by atoms with Crippen molar-refractivity contribution in [1.82, 2.24) is 14.9 Å². The minimum atomic E-state index is 0.0796. The van der Waals surface area contributed by atoms with E-state index in [0.717, 1.165) is 38.4 Å². The first-order chi connectivity index (χ1) is 10.6. The van der Waals surface area contributed by atoms with Crippen molar-refractivity contribution in [2.45, 2.75) is 26.2 Å². The smallest absolute Gasteiger partial charge is 0.259 e. The fourth-order valence-corrected chi connectivity index (χ4v) is 2.86. The van der Waals surface area contributed by atoms with Crippen LogP contribution >= 0.6 is 0 Å². The molecule has 1 aliphatic heterocycles. The largest absolute Gasteiger partial charge is 0.357 e. The lowest BCUT2D eigenvalue weighted by molar-refractivity contribution is 0.0758. The summed E-state index contributed by atoms with van der Waals surface area (Å²) < 4.78 is 0. The lowest BCUT2D eigenvalue weighted by atomic mass is 10.2. The number of hydrogen-bond acceptors (Lipinski definition) is 5. The van der Waals surface area contributed by atoms with E-state index in [-0.39, 0.29) is 5.91 Å². The van der Waals surface area contributed by atoms with Crippen LogP contribution in [-0.4, -0.2) is 61.0 Å². The average Bonchev–Trinajstić information content (AvgIpc) is 3.34. The first-order valence-electron chi connectivity index (χ1n) is 8.18. The molecule has 6 nitrogen and oxygen atoms in total.